The molecule has 2 nitrogen and oxygen atoms in total. The van der Waals surface area contributed by atoms with Gasteiger partial charge in [-0.1, -0.05) is 32.3 Å². The van der Waals surface area contributed by atoms with Gasteiger partial charge in [0.25, 0.3) is 0 Å². The van der Waals surface area contributed by atoms with E-state index in [0.29, 0.717) is 0 Å². The fourth-order valence-electron chi connectivity index (χ4n) is 2.94. The maximum atomic E-state index is 6.53. The van der Waals surface area contributed by atoms with E-state index in [1.807, 2.05) is 18.5 Å². The minimum absolute atomic E-state index is 0.0158. The second kappa shape index (κ2) is 4.96. The van der Waals surface area contributed by atoms with E-state index in [4.69, 9.17) is 5.73 Å². The number of hydrogen-bond acceptors (Lipinski definition) is 2. The van der Waals surface area contributed by atoms with Crippen molar-refractivity contribution in [2.75, 3.05) is 0 Å². The molecule has 88 valence electrons. The third-order valence-electron chi connectivity index (χ3n) is 3.84. The minimum Gasteiger partial charge on any atom is -0.325 e. The lowest BCUT2D eigenvalue weighted by Crippen LogP contribution is -2.46. The van der Waals surface area contributed by atoms with Gasteiger partial charge in [-0.2, -0.15) is 0 Å². The molecule has 2 atom stereocenters. The Hall–Kier alpha value is -0.890. The first-order chi connectivity index (χ1) is 7.72. The predicted octanol–water partition coefficient (Wildman–Crippen LogP) is 2.92. The number of hydrogen-bond donors (Lipinski definition) is 1. The highest BCUT2D eigenvalue weighted by Crippen LogP contribution is 2.34. The van der Waals surface area contributed by atoms with Crippen molar-refractivity contribution in [3.63, 3.8) is 0 Å². The van der Waals surface area contributed by atoms with Crippen molar-refractivity contribution in [2.24, 2.45) is 11.7 Å². The standard InChI is InChI=1S/C14H22N2/c1-2-12-5-3-7-14(15,9-12)10-13-6-4-8-16-11-13/h4,6,8,11-12H,2-3,5,7,9-10,15H2,1H3. The van der Waals surface area contributed by atoms with E-state index in [1.54, 1.807) is 0 Å². The summed E-state index contributed by atoms with van der Waals surface area (Å²) in [7, 11) is 0. The molecule has 1 aliphatic carbocycles. The zero-order valence-corrected chi connectivity index (χ0v) is 10.2. The Morgan fingerprint density at radius 3 is 3.12 bits per heavy atom. The lowest BCUT2D eigenvalue weighted by atomic mass is 9.73. The van der Waals surface area contributed by atoms with Gasteiger partial charge in [0.05, 0.1) is 0 Å². The first-order valence-corrected chi connectivity index (χ1v) is 6.40. The highest BCUT2D eigenvalue weighted by atomic mass is 14.7. The summed E-state index contributed by atoms with van der Waals surface area (Å²) in [5.74, 6) is 0.829. The van der Waals surface area contributed by atoms with Crippen molar-refractivity contribution >= 4 is 0 Å². The minimum atomic E-state index is 0.0158. The second-order valence-electron chi connectivity index (χ2n) is 5.27. The van der Waals surface area contributed by atoms with E-state index < -0.39 is 0 Å². The predicted molar refractivity (Wildman–Crippen MR) is 67.1 cm³/mol. The molecule has 0 saturated heterocycles. The topological polar surface area (TPSA) is 38.9 Å². The number of pyridine rings is 1. The Morgan fingerprint density at radius 2 is 2.44 bits per heavy atom. The molecule has 0 aliphatic heterocycles. The Labute approximate surface area is 98.3 Å². The molecule has 16 heavy (non-hydrogen) atoms. The molecule has 1 fully saturated rings. The van der Waals surface area contributed by atoms with E-state index in [-0.39, 0.29) is 5.54 Å². The molecule has 0 amide bonds. The van der Waals surface area contributed by atoms with Crippen LogP contribution in [-0.4, -0.2) is 10.5 Å². The number of rotatable bonds is 3. The van der Waals surface area contributed by atoms with E-state index in [9.17, 15) is 0 Å². The first-order valence-electron chi connectivity index (χ1n) is 6.40. The zero-order valence-electron chi connectivity index (χ0n) is 10.2. The van der Waals surface area contributed by atoms with Gasteiger partial charge in [0.2, 0.25) is 0 Å². The van der Waals surface area contributed by atoms with Crippen LogP contribution in [0.2, 0.25) is 0 Å². The van der Waals surface area contributed by atoms with Crippen LogP contribution in [0.5, 0.6) is 0 Å². The summed E-state index contributed by atoms with van der Waals surface area (Å²) < 4.78 is 0. The summed E-state index contributed by atoms with van der Waals surface area (Å²) in [4.78, 5) is 4.16. The Bertz CT molecular complexity index is 323. The monoisotopic (exact) mass is 218 g/mol. The second-order valence-corrected chi connectivity index (χ2v) is 5.27. The highest BCUT2D eigenvalue weighted by Gasteiger charge is 2.31. The normalized spacial score (nSPS) is 30.2. The lowest BCUT2D eigenvalue weighted by molar-refractivity contribution is 0.218. The molecular weight excluding hydrogens is 196 g/mol. The molecule has 2 heteroatoms. The molecule has 2 unspecified atom stereocenters. The quantitative estimate of drug-likeness (QED) is 0.847. The summed E-state index contributed by atoms with van der Waals surface area (Å²) in [5.41, 5.74) is 7.82. The van der Waals surface area contributed by atoms with Crippen LogP contribution in [0.15, 0.2) is 24.5 Å². The largest absolute Gasteiger partial charge is 0.325 e. The maximum Gasteiger partial charge on any atom is 0.0300 e. The molecule has 2 rings (SSSR count). The molecule has 0 bridgehead atoms. The van der Waals surface area contributed by atoms with E-state index in [1.165, 1.54) is 37.7 Å². The fraction of sp³-hybridized carbons (Fsp3) is 0.643. The Balaban J connectivity index is 2.02. The van der Waals surface area contributed by atoms with E-state index in [0.717, 1.165) is 12.3 Å². The molecular formula is C14H22N2. The van der Waals surface area contributed by atoms with Crippen molar-refractivity contribution in [3.8, 4) is 0 Å². The molecule has 1 aromatic rings. The molecule has 1 aliphatic rings. The summed E-state index contributed by atoms with van der Waals surface area (Å²) in [6, 6.07) is 4.13. The SMILES string of the molecule is CCC1CCCC(N)(Cc2cccnc2)C1. The summed E-state index contributed by atoms with van der Waals surface area (Å²) in [5, 5.41) is 0. The van der Waals surface area contributed by atoms with Crippen LogP contribution in [0.25, 0.3) is 0 Å². The van der Waals surface area contributed by atoms with Crippen molar-refractivity contribution in [3.05, 3.63) is 30.1 Å². The first kappa shape index (κ1) is 11.6. The van der Waals surface area contributed by atoms with Gasteiger partial charge in [-0.25, -0.2) is 0 Å². The van der Waals surface area contributed by atoms with Crippen LogP contribution in [0, 0.1) is 5.92 Å². The van der Waals surface area contributed by atoms with Crippen molar-refractivity contribution in [1.29, 1.82) is 0 Å². The smallest absolute Gasteiger partial charge is 0.0300 e. The molecule has 2 N–H and O–H groups in total. The van der Waals surface area contributed by atoms with E-state index in [2.05, 4.69) is 18.0 Å². The van der Waals surface area contributed by atoms with Crippen LogP contribution in [0.1, 0.15) is 44.6 Å². The van der Waals surface area contributed by atoms with Gasteiger partial charge < -0.3 is 5.73 Å². The van der Waals surface area contributed by atoms with Crippen LogP contribution < -0.4 is 5.73 Å². The van der Waals surface area contributed by atoms with Crippen molar-refractivity contribution in [2.45, 2.75) is 51.0 Å². The molecule has 0 aromatic carbocycles. The zero-order chi connectivity index (χ0) is 11.4. The molecule has 0 spiro atoms. The van der Waals surface area contributed by atoms with Crippen LogP contribution in [0.3, 0.4) is 0 Å². The van der Waals surface area contributed by atoms with Crippen molar-refractivity contribution in [1.82, 2.24) is 4.98 Å². The Kier molecular flexibility index (Phi) is 3.59. The fourth-order valence-corrected chi connectivity index (χ4v) is 2.94. The van der Waals surface area contributed by atoms with E-state index >= 15 is 0 Å². The number of nitrogens with two attached hydrogens (primary N) is 1. The number of aromatic nitrogens is 1. The van der Waals surface area contributed by atoms with Crippen LogP contribution in [-0.2, 0) is 6.42 Å². The molecule has 1 saturated carbocycles. The summed E-state index contributed by atoms with van der Waals surface area (Å²) >= 11 is 0. The van der Waals surface area contributed by atoms with Crippen LogP contribution in [0.4, 0.5) is 0 Å². The molecule has 1 heterocycles. The van der Waals surface area contributed by atoms with Gasteiger partial charge in [-0.15, -0.1) is 0 Å². The number of nitrogens with zero attached hydrogens (tertiary/aromatic N) is 1. The summed E-state index contributed by atoms with van der Waals surface area (Å²) in [6.07, 6.45) is 11.0. The van der Waals surface area contributed by atoms with Crippen LogP contribution >= 0.6 is 0 Å². The van der Waals surface area contributed by atoms with Gasteiger partial charge in [-0.3, -0.25) is 4.98 Å². The average molecular weight is 218 g/mol. The summed E-state index contributed by atoms with van der Waals surface area (Å²) in [6.45, 7) is 2.28. The lowest BCUT2D eigenvalue weighted by Gasteiger charge is -2.38. The van der Waals surface area contributed by atoms with Gasteiger partial charge in [0.1, 0.15) is 0 Å². The average Bonchev–Trinajstić information content (AvgIpc) is 2.29. The van der Waals surface area contributed by atoms with Crippen molar-refractivity contribution < 1.29 is 0 Å². The molecule has 0 radical (unpaired) electrons. The van der Waals surface area contributed by atoms with Gasteiger partial charge in [0.15, 0.2) is 0 Å². The van der Waals surface area contributed by atoms with Gasteiger partial charge >= 0.3 is 0 Å². The Morgan fingerprint density at radius 1 is 1.56 bits per heavy atom. The molecule has 1 aromatic heterocycles. The van der Waals surface area contributed by atoms with Gasteiger partial charge in [0, 0.05) is 17.9 Å². The third kappa shape index (κ3) is 2.82. The highest BCUT2D eigenvalue weighted by molar-refractivity contribution is 5.13. The van der Waals surface area contributed by atoms with Gasteiger partial charge in [-0.05, 0) is 36.8 Å². The maximum absolute atomic E-state index is 6.53. The third-order valence-corrected chi connectivity index (χ3v) is 3.84.